The monoisotopic (exact) mass is 411 g/mol. The molecule has 148 valence electrons. The lowest BCUT2D eigenvalue weighted by Gasteiger charge is -2.30. The zero-order chi connectivity index (χ0) is 19.9. The Kier molecular flexibility index (Phi) is 5.45. The molecule has 1 saturated heterocycles. The summed E-state index contributed by atoms with van der Waals surface area (Å²) in [4.78, 5) is 33.5. The molecule has 0 radical (unpaired) electrons. The van der Waals surface area contributed by atoms with E-state index in [-0.39, 0.29) is 41.5 Å². The molecule has 0 saturated carbocycles. The van der Waals surface area contributed by atoms with E-state index in [1.807, 2.05) is 27.7 Å². The van der Waals surface area contributed by atoms with Gasteiger partial charge in [0.05, 0.1) is 23.2 Å². The van der Waals surface area contributed by atoms with Crippen molar-refractivity contribution in [3.05, 3.63) is 27.1 Å². The number of thiophene rings is 1. The number of hydrogen-bond donors (Lipinski definition) is 0. The van der Waals surface area contributed by atoms with Crippen molar-refractivity contribution in [1.29, 1.82) is 0 Å². The van der Waals surface area contributed by atoms with Gasteiger partial charge in [0.2, 0.25) is 5.91 Å². The highest BCUT2D eigenvalue weighted by molar-refractivity contribution is 7.91. The Balaban J connectivity index is 1.89. The van der Waals surface area contributed by atoms with E-state index in [1.165, 1.54) is 22.2 Å². The number of amides is 1. The smallest absolute Gasteiger partial charge is 0.262 e. The molecular formula is C18H25N3O4S2. The first-order valence-electron chi connectivity index (χ1n) is 9.04. The predicted octanol–water partition coefficient (Wildman–Crippen LogP) is 1.75. The van der Waals surface area contributed by atoms with Gasteiger partial charge in [0.15, 0.2) is 9.84 Å². The Labute approximate surface area is 162 Å². The topological polar surface area (TPSA) is 89.3 Å². The number of carbonyl (C=O) groups excluding carboxylic acids is 1. The van der Waals surface area contributed by atoms with Crippen molar-refractivity contribution in [2.75, 3.05) is 18.1 Å². The van der Waals surface area contributed by atoms with Crippen molar-refractivity contribution in [2.45, 2.75) is 46.7 Å². The van der Waals surface area contributed by atoms with Gasteiger partial charge >= 0.3 is 0 Å². The summed E-state index contributed by atoms with van der Waals surface area (Å²) in [6, 6.07) is -0.317. The van der Waals surface area contributed by atoms with Crippen LogP contribution in [0.2, 0.25) is 0 Å². The fourth-order valence-corrected chi connectivity index (χ4v) is 6.21. The molecule has 2 aromatic heterocycles. The third kappa shape index (κ3) is 4.08. The summed E-state index contributed by atoms with van der Waals surface area (Å²) in [5.41, 5.74) is 0.675. The van der Waals surface area contributed by atoms with Crippen molar-refractivity contribution in [2.24, 2.45) is 5.92 Å². The van der Waals surface area contributed by atoms with E-state index in [2.05, 4.69) is 4.98 Å². The van der Waals surface area contributed by atoms with Crippen LogP contribution in [0, 0.1) is 19.8 Å². The van der Waals surface area contributed by atoms with Crippen molar-refractivity contribution in [3.63, 3.8) is 0 Å². The fraction of sp³-hybridized carbons (Fsp3) is 0.611. The maximum atomic E-state index is 13.0. The first kappa shape index (κ1) is 20.0. The average molecular weight is 412 g/mol. The maximum absolute atomic E-state index is 13.0. The van der Waals surface area contributed by atoms with Crippen LogP contribution in [0.5, 0.6) is 0 Å². The van der Waals surface area contributed by atoms with Gasteiger partial charge in [0, 0.05) is 17.5 Å². The Bertz CT molecular complexity index is 1040. The average Bonchev–Trinajstić information content (AvgIpc) is 3.07. The first-order chi connectivity index (χ1) is 12.6. The number of aryl methyl sites for hydroxylation is 2. The number of fused-ring (bicyclic) bond motifs is 1. The predicted molar refractivity (Wildman–Crippen MR) is 107 cm³/mol. The largest absolute Gasteiger partial charge is 0.337 e. The van der Waals surface area contributed by atoms with E-state index >= 15 is 0 Å². The summed E-state index contributed by atoms with van der Waals surface area (Å²) in [7, 11) is -3.10. The van der Waals surface area contributed by atoms with Gasteiger partial charge in [0.1, 0.15) is 11.4 Å². The molecule has 7 nitrogen and oxygen atoms in total. The van der Waals surface area contributed by atoms with Crippen LogP contribution in [0.25, 0.3) is 10.2 Å². The normalized spacial score (nSPS) is 19.1. The van der Waals surface area contributed by atoms with Crippen LogP contribution in [-0.2, 0) is 21.2 Å². The molecule has 1 aliphatic heterocycles. The standard InChI is InChI=1S/C18H25N3O4S2/c1-11(2)7-21(14-5-6-27(24,25)9-14)15(22)8-20-10-19-17-16(18(20)23)12(3)13(4)26-17/h10-11,14H,5-9H2,1-4H3/t14-/m0/s1. The van der Waals surface area contributed by atoms with Gasteiger partial charge < -0.3 is 4.90 Å². The summed E-state index contributed by atoms with van der Waals surface area (Å²) in [6.45, 7) is 8.15. The summed E-state index contributed by atoms with van der Waals surface area (Å²) in [5.74, 6) is 0.0796. The number of carbonyl (C=O) groups is 1. The molecule has 0 N–H and O–H groups in total. The van der Waals surface area contributed by atoms with E-state index < -0.39 is 9.84 Å². The highest BCUT2D eigenvalue weighted by Crippen LogP contribution is 2.25. The van der Waals surface area contributed by atoms with E-state index in [1.54, 1.807) is 4.90 Å². The summed E-state index contributed by atoms with van der Waals surface area (Å²) < 4.78 is 25.0. The lowest BCUT2D eigenvalue weighted by molar-refractivity contribution is -0.134. The van der Waals surface area contributed by atoms with E-state index in [0.29, 0.717) is 23.2 Å². The second-order valence-corrected chi connectivity index (χ2v) is 11.1. The van der Waals surface area contributed by atoms with E-state index in [0.717, 1.165) is 10.4 Å². The lowest BCUT2D eigenvalue weighted by Crippen LogP contribution is -2.45. The Morgan fingerprint density at radius 2 is 2.11 bits per heavy atom. The summed E-state index contributed by atoms with van der Waals surface area (Å²) in [6.07, 6.45) is 1.87. The van der Waals surface area contributed by atoms with Crippen LogP contribution >= 0.6 is 11.3 Å². The lowest BCUT2D eigenvalue weighted by atomic mass is 10.1. The third-order valence-electron chi connectivity index (χ3n) is 4.99. The zero-order valence-corrected chi connectivity index (χ0v) is 17.7. The molecule has 0 unspecified atom stereocenters. The number of sulfone groups is 1. The Hall–Kier alpha value is -1.74. The molecule has 9 heteroatoms. The SMILES string of the molecule is Cc1sc2ncn(CC(=O)N(CC(C)C)[C@H]3CCS(=O)(=O)C3)c(=O)c2c1C. The fourth-order valence-electron chi connectivity index (χ4n) is 3.49. The molecule has 27 heavy (non-hydrogen) atoms. The highest BCUT2D eigenvalue weighted by atomic mass is 32.2. The molecular weight excluding hydrogens is 386 g/mol. The number of aromatic nitrogens is 2. The number of nitrogens with zero attached hydrogens (tertiary/aromatic N) is 3. The van der Waals surface area contributed by atoms with E-state index in [4.69, 9.17) is 0 Å². The van der Waals surface area contributed by atoms with Crippen molar-refractivity contribution >= 4 is 37.3 Å². The van der Waals surface area contributed by atoms with Gasteiger partial charge in [-0.3, -0.25) is 14.2 Å². The second-order valence-electron chi connectivity index (χ2n) is 7.64. The quantitative estimate of drug-likeness (QED) is 0.748. The zero-order valence-electron chi connectivity index (χ0n) is 16.1. The number of rotatable bonds is 5. The summed E-state index contributed by atoms with van der Waals surface area (Å²) >= 11 is 1.47. The maximum Gasteiger partial charge on any atom is 0.262 e. The van der Waals surface area contributed by atoms with Gasteiger partial charge in [0.25, 0.3) is 5.56 Å². The third-order valence-corrected chi connectivity index (χ3v) is 7.86. The van der Waals surface area contributed by atoms with Gasteiger partial charge in [-0.25, -0.2) is 13.4 Å². The van der Waals surface area contributed by atoms with Crippen LogP contribution in [0.1, 0.15) is 30.7 Å². The molecule has 3 heterocycles. The summed E-state index contributed by atoms with van der Waals surface area (Å²) in [5, 5.41) is 0.562. The van der Waals surface area contributed by atoms with Crippen molar-refractivity contribution in [1.82, 2.24) is 14.5 Å². The van der Waals surface area contributed by atoms with Crippen molar-refractivity contribution in [3.8, 4) is 0 Å². The molecule has 2 aromatic rings. The minimum absolute atomic E-state index is 0.000473. The molecule has 1 amide bonds. The van der Waals surface area contributed by atoms with Crippen LogP contribution in [0.15, 0.2) is 11.1 Å². The molecule has 0 spiro atoms. The molecule has 3 rings (SSSR count). The van der Waals surface area contributed by atoms with Crippen LogP contribution in [-0.4, -0.2) is 52.9 Å². The molecule has 0 aliphatic carbocycles. The van der Waals surface area contributed by atoms with Crippen LogP contribution < -0.4 is 5.56 Å². The number of hydrogen-bond acceptors (Lipinski definition) is 6. The molecule has 1 fully saturated rings. The van der Waals surface area contributed by atoms with Gasteiger partial charge in [-0.2, -0.15) is 0 Å². The molecule has 1 atom stereocenters. The van der Waals surface area contributed by atoms with Gasteiger partial charge in [-0.15, -0.1) is 11.3 Å². The molecule has 0 bridgehead atoms. The van der Waals surface area contributed by atoms with Gasteiger partial charge in [-0.05, 0) is 31.7 Å². The minimum Gasteiger partial charge on any atom is -0.337 e. The van der Waals surface area contributed by atoms with Crippen LogP contribution in [0.4, 0.5) is 0 Å². The Morgan fingerprint density at radius 3 is 2.70 bits per heavy atom. The van der Waals surface area contributed by atoms with E-state index in [9.17, 15) is 18.0 Å². The highest BCUT2D eigenvalue weighted by Gasteiger charge is 2.35. The first-order valence-corrected chi connectivity index (χ1v) is 11.7. The minimum atomic E-state index is -3.10. The Morgan fingerprint density at radius 1 is 1.41 bits per heavy atom. The molecule has 1 aliphatic rings. The second kappa shape index (κ2) is 7.35. The van der Waals surface area contributed by atoms with Gasteiger partial charge in [-0.1, -0.05) is 13.8 Å². The van der Waals surface area contributed by atoms with Crippen molar-refractivity contribution < 1.29 is 13.2 Å². The van der Waals surface area contributed by atoms with Crippen LogP contribution in [0.3, 0.4) is 0 Å². The molecule has 0 aromatic carbocycles.